The third kappa shape index (κ3) is 2.44. The van der Waals surface area contributed by atoms with Crippen molar-refractivity contribution in [2.24, 2.45) is 0 Å². The van der Waals surface area contributed by atoms with Gasteiger partial charge in [0.2, 0.25) is 0 Å². The SMILES string of the molecule is CN1CC[C@]23c4c5ccc(O)c4O[C@H]2C(=O)CC[C@@]3(O)[C@H]1C5.O=S(=O)(O)O. The number of hydrogen-bond donors (Lipinski definition) is 4. The summed E-state index contributed by atoms with van der Waals surface area (Å²) in [6, 6.07) is 3.57. The fourth-order valence-corrected chi connectivity index (χ4v) is 5.54. The van der Waals surface area contributed by atoms with Gasteiger partial charge in [-0.2, -0.15) is 8.42 Å². The molecule has 2 aliphatic heterocycles. The maximum absolute atomic E-state index is 12.5. The van der Waals surface area contributed by atoms with Crippen LogP contribution in [0.1, 0.15) is 30.4 Å². The molecule has 4 N–H and O–H groups in total. The molecule has 2 bridgehead atoms. The fourth-order valence-electron chi connectivity index (χ4n) is 5.54. The quantitative estimate of drug-likeness (QED) is 0.446. The van der Waals surface area contributed by atoms with E-state index in [0.29, 0.717) is 25.0 Å². The van der Waals surface area contributed by atoms with Gasteiger partial charge in [-0.3, -0.25) is 13.9 Å². The summed E-state index contributed by atoms with van der Waals surface area (Å²) in [7, 11) is -2.62. The number of likely N-dealkylation sites (N-methyl/N-ethyl adjacent to an activating group) is 1. The Morgan fingerprint density at radius 1 is 1.26 bits per heavy atom. The smallest absolute Gasteiger partial charge is 0.394 e. The van der Waals surface area contributed by atoms with Crippen molar-refractivity contribution >= 4 is 16.2 Å². The number of ether oxygens (including phenoxy) is 1. The van der Waals surface area contributed by atoms with Gasteiger partial charge in [0.1, 0.15) is 0 Å². The molecule has 1 aromatic carbocycles. The van der Waals surface area contributed by atoms with E-state index in [4.69, 9.17) is 22.3 Å². The minimum absolute atomic E-state index is 0.00319. The normalized spacial score (nSPS) is 36.4. The lowest BCUT2D eigenvalue weighted by Crippen LogP contribution is -2.76. The minimum Gasteiger partial charge on any atom is -0.504 e. The van der Waals surface area contributed by atoms with Gasteiger partial charge >= 0.3 is 10.4 Å². The second-order valence-electron chi connectivity index (χ2n) is 7.71. The van der Waals surface area contributed by atoms with Gasteiger partial charge in [0.15, 0.2) is 23.4 Å². The first-order chi connectivity index (χ1) is 12.5. The van der Waals surface area contributed by atoms with Crippen molar-refractivity contribution in [2.45, 2.75) is 48.8 Å². The highest BCUT2D eigenvalue weighted by atomic mass is 32.3. The van der Waals surface area contributed by atoms with Crippen molar-refractivity contribution in [1.29, 1.82) is 0 Å². The van der Waals surface area contributed by atoms with Crippen molar-refractivity contribution < 1.29 is 37.3 Å². The van der Waals surface area contributed by atoms with Gasteiger partial charge in [-0.15, -0.1) is 0 Å². The van der Waals surface area contributed by atoms with Crippen molar-refractivity contribution in [3.63, 3.8) is 0 Å². The second kappa shape index (κ2) is 5.65. The summed E-state index contributed by atoms with van der Waals surface area (Å²) in [6.07, 6.45) is 1.61. The van der Waals surface area contributed by atoms with Crippen molar-refractivity contribution in [1.82, 2.24) is 4.90 Å². The first-order valence-electron chi connectivity index (χ1n) is 8.66. The second-order valence-corrected chi connectivity index (χ2v) is 8.60. The van der Waals surface area contributed by atoms with E-state index in [9.17, 15) is 15.0 Å². The number of Topliss-reactive ketones (excluding diaryl/α,β-unsaturated/α-hetero) is 1. The Bertz CT molecular complexity index is 923. The molecular formula is C17H21NO8S. The minimum atomic E-state index is -4.67. The molecule has 1 aromatic rings. The number of phenolic OH excluding ortho intramolecular Hbond substituents is 1. The van der Waals surface area contributed by atoms with Crippen LogP contribution in [0, 0.1) is 0 Å². The first kappa shape index (κ1) is 18.6. The van der Waals surface area contributed by atoms with Gasteiger partial charge < -0.3 is 19.8 Å². The predicted molar refractivity (Wildman–Crippen MR) is 92.3 cm³/mol. The van der Waals surface area contributed by atoms with Crippen molar-refractivity contribution in [2.75, 3.05) is 13.6 Å². The number of aliphatic hydroxyl groups is 1. The van der Waals surface area contributed by atoms with Crippen LogP contribution in [0.15, 0.2) is 12.1 Å². The molecule has 148 valence electrons. The molecule has 1 saturated carbocycles. The topological polar surface area (TPSA) is 145 Å². The number of benzene rings is 1. The summed E-state index contributed by atoms with van der Waals surface area (Å²) < 4.78 is 37.5. The summed E-state index contributed by atoms with van der Waals surface area (Å²) in [5.74, 6) is 0.561. The molecule has 0 unspecified atom stereocenters. The van der Waals surface area contributed by atoms with Gasteiger partial charge in [-0.1, -0.05) is 6.07 Å². The van der Waals surface area contributed by atoms with Crippen molar-refractivity contribution in [3.05, 3.63) is 23.3 Å². The number of phenols is 1. The summed E-state index contributed by atoms with van der Waals surface area (Å²) in [6.45, 7) is 0.828. The fraction of sp³-hybridized carbons (Fsp3) is 0.588. The Hall–Kier alpha value is -1.72. The van der Waals surface area contributed by atoms with Crippen LogP contribution in [-0.2, 0) is 27.0 Å². The molecule has 1 spiro atoms. The highest BCUT2D eigenvalue weighted by Gasteiger charge is 2.72. The average Bonchev–Trinajstić information content (AvgIpc) is 2.91. The maximum Gasteiger partial charge on any atom is 0.394 e. The number of carbonyl (C=O) groups excluding carboxylic acids is 1. The molecule has 27 heavy (non-hydrogen) atoms. The predicted octanol–water partition coefficient (Wildman–Crippen LogP) is 0.0924. The molecule has 2 heterocycles. The molecule has 9 nitrogen and oxygen atoms in total. The standard InChI is InChI=1S/C17H19NO4.H2O4S/c1-18-7-6-16-13-9-2-3-10(19)14(13)22-15(16)11(20)4-5-17(16,21)12(18)8-9;1-5(2,3)4/h2-3,12,15,19,21H,4-8H2,1H3;(H2,1,2,3,4)/t12-,15+,16+,17-;/m1./s1. The zero-order chi connectivity index (χ0) is 19.8. The van der Waals surface area contributed by atoms with Crippen LogP contribution >= 0.6 is 0 Å². The zero-order valence-electron chi connectivity index (χ0n) is 14.6. The average molecular weight is 399 g/mol. The van der Waals surface area contributed by atoms with E-state index in [1.54, 1.807) is 6.07 Å². The van der Waals surface area contributed by atoms with Gasteiger partial charge in [0, 0.05) is 18.0 Å². The van der Waals surface area contributed by atoms with E-state index in [-0.39, 0.29) is 17.6 Å². The molecule has 1 saturated heterocycles. The lowest BCUT2D eigenvalue weighted by molar-refractivity contribution is -0.185. The molecule has 2 fully saturated rings. The molecule has 0 radical (unpaired) electrons. The number of aromatic hydroxyl groups is 1. The first-order valence-corrected chi connectivity index (χ1v) is 10.1. The third-order valence-electron chi connectivity index (χ3n) is 6.53. The van der Waals surface area contributed by atoms with E-state index in [2.05, 4.69) is 4.90 Å². The lowest BCUT2D eigenvalue weighted by Gasteiger charge is -2.61. The number of piperidine rings is 1. The van der Waals surface area contributed by atoms with Crippen LogP contribution in [0.25, 0.3) is 0 Å². The molecular weight excluding hydrogens is 378 g/mol. The van der Waals surface area contributed by atoms with Gasteiger partial charge in [-0.05, 0) is 44.5 Å². The molecule has 0 amide bonds. The van der Waals surface area contributed by atoms with E-state index < -0.39 is 27.5 Å². The van der Waals surface area contributed by atoms with E-state index >= 15 is 0 Å². The van der Waals surface area contributed by atoms with Gasteiger partial charge in [-0.25, -0.2) is 0 Å². The van der Waals surface area contributed by atoms with E-state index in [1.165, 1.54) is 0 Å². The van der Waals surface area contributed by atoms with Crippen LogP contribution < -0.4 is 4.74 Å². The number of hydrogen-bond acceptors (Lipinski definition) is 7. The Kier molecular flexibility index (Phi) is 3.90. The maximum atomic E-state index is 12.5. The molecule has 4 aliphatic rings. The largest absolute Gasteiger partial charge is 0.504 e. The Balaban J connectivity index is 0.000000323. The number of likely N-dealkylation sites (tertiary alicyclic amines) is 1. The molecule has 2 aliphatic carbocycles. The monoisotopic (exact) mass is 399 g/mol. The van der Waals surface area contributed by atoms with Crippen LogP contribution in [0.5, 0.6) is 11.5 Å². The number of ketones is 1. The summed E-state index contributed by atoms with van der Waals surface area (Å²) in [5.41, 5.74) is 0.370. The Morgan fingerprint density at radius 2 is 1.93 bits per heavy atom. The summed E-state index contributed by atoms with van der Waals surface area (Å²) >= 11 is 0. The van der Waals surface area contributed by atoms with E-state index in [1.807, 2.05) is 13.1 Å². The van der Waals surface area contributed by atoms with Crippen LogP contribution in [0.4, 0.5) is 0 Å². The van der Waals surface area contributed by atoms with Crippen LogP contribution in [0.3, 0.4) is 0 Å². The molecule has 4 atom stereocenters. The zero-order valence-corrected chi connectivity index (χ0v) is 15.4. The molecule has 0 aromatic heterocycles. The Labute approximate surface area is 156 Å². The third-order valence-corrected chi connectivity index (χ3v) is 6.53. The molecule has 5 rings (SSSR count). The van der Waals surface area contributed by atoms with E-state index in [0.717, 1.165) is 24.1 Å². The van der Waals surface area contributed by atoms with Crippen LogP contribution in [-0.4, -0.2) is 69.8 Å². The molecule has 10 heteroatoms. The Morgan fingerprint density at radius 3 is 2.59 bits per heavy atom. The van der Waals surface area contributed by atoms with Gasteiger partial charge in [0.05, 0.1) is 11.0 Å². The highest BCUT2D eigenvalue weighted by molar-refractivity contribution is 7.79. The highest BCUT2D eigenvalue weighted by Crippen LogP contribution is 2.64. The van der Waals surface area contributed by atoms with Crippen molar-refractivity contribution in [3.8, 4) is 11.5 Å². The number of rotatable bonds is 0. The summed E-state index contributed by atoms with van der Waals surface area (Å²) in [5, 5.41) is 21.8. The summed E-state index contributed by atoms with van der Waals surface area (Å²) in [4.78, 5) is 14.7. The number of carbonyl (C=O) groups is 1. The number of nitrogens with zero attached hydrogens (tertiary/aromatic N) is 1. The van der Waals surface area contributed by atoms with Gasteiger partial charge in [0.25, 0.3) is 0 Å². The van der Waals surface area contributed by atoms with Crippen LogP contribution in [0.2, 0.25) is 0 Å². The lowest BCUT2D eigenvalue weighted by atomic mass is 9.49.